The molecular weight excluding hydrogens is 304 g/mol. The molecule has 0 unspecified atom stereocenters. The van der Waals surface area contributed by atoms with Crippen molar-refractivity contribution in [3.8, 4) is 0 Å². The molecule has 2 heterocycles. The summed E-state index contributed by atoms with van der Waals surface area (Å²) in [5.74, 6) is -0.282. The van der Waals surface area contributed by atoms with Crippen LogP contribution >= 0.6 is 0 Å². The third kappa shape index (κ3) is 2.97. The number of rotatable bonds is 3. The van der Waals surface area contributed by atoms with Crippen LogP contribution in [0.5, 0.6) is 0 Å². The lowest BCUT2D eigenvalue weighted by molar-refractivity contribution is -0.121. The van der Waals surface area contributed by atoms with E-state index in [1.807, 2.05) is 24.3 Å². The maximum atomic E-state index is 12.3. The number of carbonyl (C=O) groups is 1. The fourth-order valence-electron chi connectivity index (χ4n) is 2.71. The highest BCUT2D eigenvalue weighted by atomic mass is 32.2. The van der Waals surface area contributed by atoms with Crippen LogP contribution in [0.15, 0.2) is 30.6 Å². The summed E-state index contributed by atoms with van der Waals surface area (Å²) in [6.45, 7) is 0.781. The van der Waals surface area contributed by atoms with E-state index in [4.69, 9.17) is 0 Å². The zero-order valence-corrected chi connectivity index (χ0v) is 13.1. The Morgan fingerprint density at radius 3 is 2.64 bits per heavy atom. The van der Waals surface area contributed by atoms with E-state index >= 15 is 0 Å². The Hall–Kier alpha value is -1.93. The fourth-order valence-corrected chi connectivity index (χ4v) is 3.58. The zero-order valence-electron chi connectivity index (χ0n) is 12.3. The molecule has 118 valence electrons. The van der Waals surface area contributed by atoms with E-state index in [0.29, 0.717) is 25.9 Å². The van der Waals surface area contributed by atoms with Crippen molar-refractivity contribution in [2.75, 3.05) is 24.8 Å². The molecule has 1 N–H and O–H groups in total. The molecule has 7 nitrogen and oxygen atoms in total. The number of nitrogens with one attached hydrogen (secondary N) is 1. The molecule has 0 aliphatic carbocycles. The summed E-state index contributed by atoms with van der Waals surface area (Å²) in [4.78, 5) is 16.6. The molecule has 1 aromatic heterocycles. The van der Waals surface area contributed by atoms with E-state index in [2.05, 4.69) is 10.4 Å². The molecule has 0 spiro atoms. The molecule has 0 saturated carbocycles. The van der Waals surface area contributed by atoms with Crippen molar-refractivity contribution < 1.29 is 13.2 Å². The highest BCUT2D eigenvalue weighted by Crippen LogP contribution is 2.20. The Balaban J connectivity index is 1.66. The van der Waals surface area contributed by atoms with Gasteiger partial charge in [-0.05, 0) is 25.0 Å². The van der Waals surface area contributed by atoms with Crippen LogP contribution in [0.25, 0.3) is 11.0 Å². The second kappa shape index (κ2) is 5.69. The van der Waals surface area contributed by atoms with Crippen LogP contribution in [0.1, 0.15) is 12.8 Å². The quantitative estimate of drug-likeness (QED) is 0.905. The molecule has 0 radical (unpaired) electrons. The molecule has 2 aromatic rings. The first-order chi connectivity index (χ1) is 10.4. The molecule has 1 aliphatic rings. The Labute approximate surface area is 129 Å². The Morgan fingerprint density at radius 1 is 1.27 bits per heavy atom. The molecule has 3 rings (SSSR count). The highest BCUT2D eigenvalue weighted by Gasteiger charge is 2.29. The molecule has 22 heavy (non-hydrogen) atoms. The van der Waals surface area contributed by atoms with Crippen LogP contribution < -0.4 is 5.43 Å². The lowest BCUT2D eigenvalue weighted by Gasteiger charge is -2.29. The highest BCUT2D eigenvalue weighted by molar-refractivity contribution is 7.88. The number of carbonyl (C=O) groups excluding carboxylic acids is 1. The standard InChI is InChI=1S/C14H18N4O3S/c1-22(20,21)17-8-6-11(7-9-17)14(19)16-18-10-15-12-4-2-3-5-13(12)18/h2-5,10-11H,6-9H2,1H3,(H,16,19). The fraction of sp³-hybridized carbons (Fsp3) is 0.429. The van der Waals surface area contributed by atoms with Gasteiger partial charge in [0, 0.05) is 19.0 Å². The molecule has 1 fully saturated rings. The van der Waals surface area contributed by atoms with Crippen molar-refractivity contribution in [2.45, 2.75) is 12.8 Å². The van der Waals surface area contributed by atoms with E-state index in [9.17, 15) is 13.2 Å². The molecular formula is C14H18N4O3S. The van der Waals surface area contributed by atoms with E-state index in [0.717, 1.165) is 11.0 Å². The number of fused-ring (bicyclic) bond motifs is 1. The minimum Gasteiger partial charge on any atom is -0.273 e. The summed E-state index contributed by atoms with van der Waals surface area (Å²) in [6.07, 6.45) is 3.84. The molecule has 1 aromatic carbocycles. The van der Waals surface area contributed by atoms with E-state index in [-0.39, 0.29) is 11.8 Å². The van der Waals surface area contributed by atoms with Gasteiger partial charge in [-0.3, -0.25) is 10.2 Å². The molecule has 1 aliphatic heterocycles. The maximum absolute atomic E-state index is 12.3. The average molecular weight is 322 g/mol. The van der Waals surface area contributed by atoms with Crippen LogP contribution in [0, 0.1) is 5.92 Å². The third-order valence-electron chi connectivity index (χ3n) is 3.98. The Morgan fingerprint density at radius 2 is 1.95 bits per heavy atom. The maximum Gasteiger partial charge on any atom is 0.242 e. The molecule has 1 saturated heterocycles. The van der Waals surface area contributed by atoms with Crippen LogP contribution in [0.3, 0.4) is 0 Å². The number of imidazole rings is 1. The number of aromatic nitrogens is 2. The minimum absolute atomic E-state index is 0.101. The molecule has 0 atom stereocenters. The van der Waals surface area contributed by atoms with Crippen LogP contribution in [0.2, 0.25) is 0 Å². The van der Waals surface area contributed by atoms with Gasteiger partial charge in [-0.25, -0.2) is 22.4 Å². The van der Waals surface area contributed by atoms with E-state index in [1.165, 1.54) is 10.6 Å². The van der Waals surface area contributed by atoms with Gasteiger partial charge in [0.15, 0.2) is 0 Å². The van der Waals surface area contributed by atoms with Crippen molar-refractivity contribution >= 4 is 27.0 Å². The van der Waals surface area contributed by atoms with E-state index < -0.39 is 10.0 Å². The summed E-state index contributed by atoms with van der Waals surface area (Å²) >= 11 is 0. The van der Waals surface area contributed by atoms with Crippen LogP contribution in [-0.2, 0) is 14.8 Å². The molecule has 0 bridgehead atoms. The van der Waals surface area contributed by atoms with Crippen molar-refractivity contribution in [3.05, 3.63) is 30.6 Å². The Bertz CT molecular complexity index is 791. The summed E-state index contributed by atoms with van der Waals surface area (Å²) in [7, 11) is -3.17. The normalized spacial score (nSPS) is 17.7. The minimum atomic E-state index is -3.17. The van der Waals surface area contributed by atoms with Gasteiger partial charge in [-0.15, -0.1) is 0 Å². The zero-order chi connectivity index (χ0) is 15.7. The van der Waals surface area contributed by atoms with Gasteiger partial charge in [0.25, 0.3) is 0 Å². The summed E-state index contributed by atoms with van der Waals surface area (Å²) in [6, 6.07) is 7.54. The molecule has 8 heteroatoms. The number of hydrogen-bond acceptors (Lipinski definition) is 4. The predicted octanol–water partition coefficient (Wildman–Crippen LogP) is 0.778. The van der Waals surface area contributed by atoms with Gasteiger partial charge in [0.1, 0.15) is 6.33 Å². The van der Waals surface area contributed by atoms with Crippen molar-refractivity contribution in [3.63, 3.8) is 0 Å². The summed E-state index contributed by atoms with van der Waals surface area (Å²) in [5.41, 5.74) is 4.49. The van der Waals surface area contributed by atoms with Gasteiger partial charge in [-0.2, -0.15) is 0 Å². The smallest absolute Gasteiger partial charge is 0.242 e. The largest absolute Gasteiger partial charge is 0.273 e. The number of benzene rings is 1. The van der Waals surface area contributed by atoms with Crippen molar-refractivity contribution in [1.82, 2.24) is 14.0 Å². The van der Waals surface area contributed by atoms with Gasteiger partial charge in [0.2, 0.25) is 15.9 Å². The SMILES string of the molecule is CS(=O)(=O)N1CCC(C(=O)Nn2cnc3ccccc32)CC1. The van der Waals surface area contributed by atoms with E-state index in [1.54, 1.807) is 11.0 Å². The average Bonchev–Trinajstić information content (AvgIpc) is 2.90. The third-order valence-corrected chi connectivity index (χ3v) is 5.28. The van der Waals surface area contributed by atoms with Gasteiger partial charge in [-0.1, -0.05) is 12.1 Å². The van der Waals surface area contributed by atoms with Crippen LogP contribution in [0.4, 0.5) is 0 Å². The van der Waals surface area contributed by atoms with Crippen LogP contribution in [-0.4, -0.2) is 47.6 Å². The lowest BCUT2D eigenvalue weighted by Crippen LogP contribution is -2.42. The number of piperidine rings is 1. The van der Waals surface area contributed by atoms with Crippen molar-refractivity contribution in [2.24, 2.45) is 5.92 Å². The van der Waals surface area contributed by atoms with Gasteiger partial charge >= 0.3 is 0 Å². The lowest BCUT2D eigenvalue weighted by atomic mass is 9.98. The number of amides is 1. The Kier molecular flexibility index (Phi) is 3.88. The summed E-state index contributed by atoms with van der Waals surface area (Å²) in [5, 5.41) is 0. The molecule has 1 amide bonds. The summed E-state index contributed by atoms with van der Waals surface area (Å²) < 4.78 is 26.0. The van der Waals surface area contributed by atoms with Gasteiger partial charge < -0.3 is 0 Å². The number of nitrogens with zero attached hydrogens (tertiary/aromatic N) is 3. The first-order valence-electron chi connectivity index (χ1n) is 7.13. The predicted molar refractivity (Wildman–Crippen MR) is 83.2 cm³/mol. The second-order valence-electron chi connectivity index (χ2n) is 5.52. The monoisotopic (exact) mass is 322 g/mol. The number of para-hydroxylation sites is 2. The van der Waals surface area contributed by atoms with Gasteiger partial charge in [0.05, 0.1) is 17.3 Å². The topological polar surface area (TPSA) is 84.3 Å². The number of sulfonamides is 1. The number of hydrogen-bond donors (Lipinski definition) is 1. The first kappa shape index (κ1) is 15.0. The first-order valence-corrected chi connectivity index (χ1v) is 8.98. The second-order valence-corrected chi connectivity index (χ2v) is 7.50. The van der Waals surface area contributed by atoms with Crippen molar-refractivity contribution in [1.29, 1.82) is 0 Å².